The molecule has 4 heteroatoms. The number of Topliss-reactive ketones (excluding diaryl/α,β-unsaturated/α-hetero) is 3. The predicted molar refractivity (Wildman–Crippen MR) is 118 cm³/mol. The average Bonchev–Trinajstić information content (AvgIpc) is 2.60. The Bertz CT molecular complexity index is 771. The molecule has 1 aliphatic rings. The highest BCUT2D eigenvalue weighted by atomic mass is 16.3. The van der Waals surface area contributed by atoms with Crippen LogP contribution in [0.5, 0.6) is 0 Å². The lowest BCUT2D eigenvalue weighted by molar-refractivity contribution is -0.140. The van der Waals surface area contributed by atoms with Gasteiger partial charge >= 0.3 is 0 Å². The van der Waals surface area contributed by atoms with Crippen LogP contribution in [0.25, 0.3) is 0 Å². The summed E-state index contributed by atoms with van der Waals surface area (Å²) in [6.45, 7) is 14.9. The van der Waals surface area contributed by atoms with Crippen LogP contribution in [0.2, 0.25) is 0 Å². The molecule has 160 valence electrons. The topological polar surface area (TPSA) is 71.4 Å². The van der Waals surface area contributed by atoms with Crippen molar-refractivity contribution in [3.63, 3.8) is 0 Å². The first kappa shape index (κ1) is 24.8. The van der Waals surface area contributed by atoms with Crippen molar-refractivity contribution in [2.24, 2.45) is 17.3 Å². The van der Waals surface area contributed by atoms with Crippen LogP contribution in [0, 0.1) is 17.3 Å². The highest BCUT2D eigenvalue weighted by Crippen LogP contribution is 2.46. The highest BCUT2D eigenvalue weighted by molar-refractivity contribution is 6.29. The molecular formula is C25H36O4. The van der Waals surface area contributed by atoms with Crippen molar-refractivity contribution in [1.82, 2.24) is 0 Å². The summed E-state index contributed by atoms with van der Waals surface area (Å²) in [7, 11) is 0. The lowest BCUT2D eigenvalue weighted by atomic mass is 9.62. The third kappa shape index (κ3) is 5.65. The van der Waals surface area contributed by atoms with Gasteiger partial charge in [0.05, 0.1) is 11.3 Å². The first-order valence-corrected chi connectivity index (χ1v) is 10.3. The highest BCUT2D eigenvalue weighted by Gasteiger charge is 2.53. The van der Waals surface area contributed by atoms with Gasteiger partial charge in [0.2, 0.25) is 0 Å². The lowest BCUT2D eigenvalue weighted by Gasteiger charge is -2.38. The molecule has 0 bridgehead atoms. The van der Waals surface area contributed by atoms with Gasteiger partial charge in [-0.1, -0.05) is 48.8 Å². The van der Waals surface area contributed by atoms with Crippen molar-refractivity contribution in [3.05, 3.63) is 46.3 Å². The van der Waals surface area contributed by atoms with Crippen molar-refractivity contribution >= 4 is 17.3 Å². The maximum Gasteiger partial charge on any atom is 0.180 e. The van der Waals surface area contributed by atoms with Gasteiger partial charge in [-0.2, -0.15) is 0 Å². The number of aliphatic hydroxyl groups is 1. The zero-order chi connectivity index (χ0) is 22.5. The van der Waals surface area contributed by atoms with Crippen LogP contribution in [0.4, 0.5) is 0 Å². The number of aliphatic hydroxyl groups excluding tert-OH is 1. The van der Waals surface area contributed by atoms with Gasteiger partial charge in [-0.15, -0.1) is 0 Å². The molecule has 0 saturated carbocycles. The fourth-order valence-corrected chi connectivity index (χ4v) is 3.43. The Balaban J connectivity index is 3.81. The largest absolute Gasteiger partial charge is 0.510 e. The van der Waals surface area contributed by atoms with Crippen LogP contribution in [0.3, 0.4) is 0 Å². The Morgan fingerprint density at radius 3 is 1.76 bits per heavy atom. The quantitative estimate of drug-likeness (QED) is 0.315. The minimum Gasteiger partial charge on any atom is -0.510 e. The molecule has 0 aliphatic heterocycles. The molecule has 0 aromatic rings. The van der Waals surface area contributed by atoms with Crippen LogP contribution >= 0.6 is 0 Å². The summed E-state index contributed by atoms with van der Waals surface area (Å²) in [6, 6.07) is 0. The summed E-state index contributed by atoms with van der Waals surface area (Å²) in [4.78, 5) is 39.7. The Hall–Kier alpha value is -2.23. The summed E-state index contributed by atoms with van der Waals surface area (Å²) < 4.78 is 0. The number of hydrogen-bond acceptors (Lipinski definition) is 4. The molecule has 0 radical (unpaired) electrons. The molecule has 29 heavy (non-hydrogen) atoms. The lowest BCUT2D eigenvalue weighted by Crippen LogP contribution is -2.48. The molecule has 4 nitrogen and oxygen atoms in total. The van der Waals surface area contributed by atoms with E-state index in [1.54, 1.807) is 13.8 Å². The Labute approximate surface area is 175 Å². The van der Waals surface area contributed by atoms with Crippen molar-refractivity contribution in [2.45, 2.75) is 74.7 Å². The number of hydrogen-bond donors (Lipinski definition) is 1. The molecule has 0 heterocycles. The van der Waals surface area contributed by atoms with Crippen molar-refractivity contribution < 1.29 is 19.5 Å². The molecule has 0 aromatic heterocycles. The van der Waals surface area contributed by atoms with Crippen LogP contribution in [0.1, 0.15) is 74.7 Å². The van der Waals surface area contributed by atoms with Crippen molar-refractivity contribution in [3.8, 4) is 0 Å². The second-order valence-corrected chi connectivity index (χ2v) is 9.09. The van der Waals surface area contributed by atoms with Gasteiger partial charge in [0, 0.05) is 5.92 Å². The van der Waals surface area contributed by atoms with Crippen LogP contribution in [-0.2, 0) is 14.4 Å². The Morgan fingerprint density at radius 1 is 0.931 bits per heavy atom. The number of allylic oxidation sites excluding steroid dienone is 8. The van der Waals surface area contributed by atoms with Crippen LogP contribution in [0.15, 0.2) is 46.3 Å². The fraction of sp³-hybridized carbons (Fsp3) is 0.560. The molecule has 1 aliphatic carbocycles. The predicted octanol–water partition coefficient (Wildman–Crippen LogP) is 5.85. The third-order valence-corrected chi connectivity index (χ3v) is 5.29. The molecule has 0 aromatic carbocycles. The van der Waals surface area contributed by atoms with Crippen LogP contribution in [-0.4, -0.2) is 22.5 Å². The molecule has 1 unspecified atom stereocenters. The van der Waals surface area contributed by atoms with Gasteiger partial charge < -0.3 is 5.11 Å². The van der Waals surface area contributed by atoms with E-state index >= 15 is 0 Å². The molecule has 0 spiro atoms. The maximum atomic E-state index is 13.6. The van der Waals surface area contributed by atoms with E-state index in [4.69, 9.17) is 0 Å². The summed E-state index contributed by atoms with van der Waals surface area (Å²) >= 11 is 0. The zero-order valence-electron chi connectivity index (χ0n) is 19.2. The summed E-state index contributed by atoms with van der Waals surface area (Å²) in [5, 5.41) is 11.2. The molecule has 1 N–H and O–H groups in total. The molecule has 1 rings (SSSR count). The second-order valence-electron chi connectivity index (χ2n) is 9.09. The standard InChI is InChI=1S/C25H36O4/c1-15(2)9-10-19-22(27)20(21(26)18(7)8)24(29)25(23(19)28,13-11-16(3)4)14-12-17(5)6/h9,11-12,18-19,29H,10,13-14H2,1-8H3. The second kappa shape index (κ2) is 10.00. The van der Waals surface area contributed by atoms with E-state index in [1.165, 1.54) is 0 Å². The van der Waals surface area contributed by atoms with Gasteiger partial charge in [0.15, 0.2) is 17.3 Å². The summed E-state index contributed by atoms with van der Waals surface area (Å²) in [5.41, 5.74) is 1.55. The van der Waals surface area contributed by atoms with E-state index in [0.717, 1.165) is 16.7 Å². The molecule has 1 atom stereocenters. The van der Waals surface area contributed by atoms with Crippen molar-refractivity contribution in [1.29, 1.82) is 0 Å². The number of carbonyl (C=O) groups is 3. The third-order valence-electron chi connectivity index (χ3n) is 5.29. The van der Waals surface area contributed by atoms with Gasteiger partial charge in [0.1, 0.15) is 11.3 Å². The zero-order valence-corrected chi connectivity index (χ0v) is 19.2. The first-order valence-electron chi connectivity index (χ1n) is 10.3. The van der Waals surface area contributed by atoms with E-state index in [9.17, 15) is 19.5 Å². The number of ketones is 3. The first-order chi connectivity index (χ1) is 13.3. The Morgan fingerprint density at radius 2 is 1.38 bits per heavy atom. The average molecular weight is 401 g/mol. The van der Waals surface area contributed by atoms with Crippen LogP contribution < -0.4 is 0 Å². The monoisotopic (exact) mass is 400 g/mol. The van der Waals surface area contributed by atoms with Gasteiger partial charge in [-0.05, 0) is 60.8 Å². The minimum atomic E-state index is -1.29. The van der Waals surface area contributed by atoms with E-state index in [2.05, 4.69) is 0 Å². The van der Waals surface area contributed by atoms with Gasteiger partial charge in [-0.25, -0.2) is 0 Å². The van der Waals surface area contributed by atoms with E-state index in [1.807, 2.05) is 59.8 Å². The molecule has 0 fully saturated rings. The van der Waals surface area contributed by atoms with Gasteiger partial charge in [0.25, 0.3) is 0 Å². The van der Waals surface area contributed by atoms with E-state index in [-0.39, 0.29) is 36.4 Å². The van der Waals surface area contributed by atoms with E-state index < -0.39 is 28.8 Å². The van der Waals surface area contributed by atoms with Crippen molar-refractivity contribution in [2.75, 3.05) is 0 Å². The summed E-state index contributed by atoms with van der Waals surface area (Å²) in [6.07, 6.45) is 6.42. The van der Waals surface area contributed by atoms with E-state index in [0.29, 0.717) is 0 Å². The van der Waals surface area contributed by atoms with Gasteiger partial charge in [-0.3, -0.25) is 14.4 Å². The maximum absolute atomic E-state index is 13.6. The Kier molecular flexibility index (Phi) is 8.55. The number of carbonyl (C=O) groups excluding carboxylic acids is 3. The molecular weight excluding hydrogens is 364 g/mol. The summed E-state index contributed by atoms with van der Waals surface area (Å²) in [5.74, 6) is -3.00. The molecule has 0 saturated heterocycles. The minimum absolute atomic E-state index is 0.184. The molecule has 0 amide bonds. The fourth-order valence-electron chi connectivity index (χ4n) is 3.43. The normalized spacial score (nSPS) is 18.6. The smallest absolute Gasteiger partial charge is 0.180 e. The number of rotatable bonds is 8. The SMILES string of the molecule is CC(C)=CCC1C(=O)C(C(=O)C(C)C)=C(O)C(CC=C(C)C)(CC=C(C)C)C1=O.